The number of aryl methyl sites for hydroxylation is 1. The van der Waals surface area contributed by atoms with Crippen LogP contribution in [0.1, 0.15) is 29.5 Å². The number of urea groups is 1. The largest absolute Gasteiger partial charge is 0.326 e. The number of piperidine rings is 1. The average Bonchev–Trinajstić information content (AvgIpc) is 3.08. The molecular formula is C27H26F3N3O. The third-order valence-electron chi connectivity index (χ3n) is 6.94. The minimum atomic E-state index is -0.566. The number of rotatable bonds is 3. The van der Waals surface area contributed by atoms with Crippen LogP contribution in [0.25, 0.3) is 0 Å². The van der Waals surface area contributed by atoms with E-state index in [1.54, 1.807) is 17.0 Å². The fourth-order valence-electron chi connectivity index (χ4n) is 5.25. The molecule has 2 heterocycles. The lowest BCUT2D eigenvalue weighted by Gasteiger charge is -2.40. The van der Waals surface area contributed by atoms with Crippen LogP contribution in [-0.2, 0) is 12.0 Å². The van der Waals surface area contributed by atoms with Crippen LogP contribution in [0.15, 0.2) is 60.7 Å². The lowest BCUT2D eigenvalue weighted by molar-refractivity contribution is 0.159. The summed E-state index contributed by atoms with van der Waals surface area (Å²) in [5.74, 6) is -1.54. The molecule has 4 nitrogen and oxygen atoms in total. The first kappa shape index (κ1) is 22.5. The topological polar surface area (TPSA) is 35.6 Å². The van der Waals surface area contributed by atoms with Crippen molar-refractivity contribution in [1.82, 2.24) is 4.90 Å². The number of carbonyl (C=O) groups excluding carboxylic acids is 1. The number of likely N-dealkylation sites (tertiary alicyclic amines) is 1. The summed E-state index contributed by atoms with van der Waals surface area (Å²) in [6.45, 7) is 4.57. The van der Waals surface area contributed by atoms with Crippen LogP contribution in [-0.4, -0.2) is 30.6 Å². The van der Waals surface area contributed by atoms with Crippen LogP contribution in [0.2, 0.25) is 0 Å². The van der Waals surface area contributed by atoms with E-state index in [4.69, 9.17) is 0 Å². The predicted molar refractivity (Wildman–Crippen MR) is 126 cm³/mol. The number of halogens is 3. The highest BCUT2D eigenvalue weighted by atomic mass is 19.1. The van der Waals surface area contributed by atoms with Crippen molar-refractivity contribution < 1.29 is 18.0 Å². The van der Waals surface area contributed by atoms with Crippen LogP contribution in [0, 0.1) is 24.4 Å². The van der Waals surface area contributed by atoms with Crippen molar-refractivity contribution in [3.05, 3.63) is 94.8 Å². The van der Waals surface area contributed by atoms with E-state index in [0.717, 1.165) is 48.8 Å². The molecule has 0 bridgehead atoms. The minimum absolute atomic E-state index is 0.190. The van der Waals surface area contributed by atoms with E-state index in [2.05, 4.69) is 16.3 Å². The summed E-state index contributed by atoms with van der Waals surface area (Å²) in [5, 5.41) is 2.82. The van der Waals surface area contributed by atoms with Crippen molar-refractivity contribution in [2.24, 2.45) is 0 Å². The monoisotopic (exact) mass is 465 g/mol. The first-order chi connectivity index (χ1) is 16.3. The maximum absolute atomic E-state index is 13.6. The maximum Gasteiger partial charge on any atom is 0.326 e. The van der Waals surface area contributed by atoms with E-state index in [0.29, 0.717) is 24.3 Å². The van der Waals surface area contributed by atoms with Gasteiger partial charge >= 0.3 is 6.03 Å². The molecule has 0 unspecified atom stereocenters. The summed E-state index contributed by atoms with van der Waals surface area (Å²) in [6, 6.07) is 15.3. The van der Waals surface area contributed by atoms with Crippen LogP contribution in [0.4, 0.5) is 29.3 Å². The van der Waals surface area contributed by atoms with Gasteiger partial charge in [-0.2, -0.15) is 0 Å². The number of amides is 2. The summed E-state index contributed by atoms with van der Waals surface area (Å²) in [4.78, 5) is 17.1. The summed E-state index contributed by atoms with van der Waals surface area (Å²) >= 11 is 0. The SMILES string of the molecule is Cc1ccc2c(c1)C1(CCN(Cc3cc(F)cc(F)c3)CC1)CN2C(=O)Nc1cccc(F)c1. The smallest absolute Gasteiger partial charge is 0.307 e. The number of hydrogen-bond acceptors (Lipinski definition) is 2. The standard InChI is InChI=1S/C27H26F3N3O/c1-18-5-6-25-24(11-18)27(17-33(25)26(34)31-23-4-2-3-20(28)15-23)7-9-32(10-8-27)16-19-12-21(29)14-22(30)13-19/h2-6,11-15H,7-10,16-17H2,1H3,(H,31,34). The molecule has 2 amide bonds. The molecule has 176 valence electrons. The normalized spacial score (nSPS) is 17.1. The van der Waals surface area contributed by atoms with Gasteiger partial charge in [-0.3, -0.25) is 9.80 Å². The Hall–Kier alpha value is -3.32. The van der Waals surface area contributed by atoms with Gasteiger partial charge in [0, 0.05) is 35.9 Å². The quantitative estimate of drug-likeness (QED) is 0.515. The Bertz CT molecular complexity index is 1220. The molecule has 1 fully saturated rings. The highest BCUT2D eigenvalue weighted by molar-refractivity contribution is 6.03. The number of nitrogens with zero attached hydrogens (tertiary/aromatic N) is 2. The Balaban J connectivity index is 1.34. The van der Waals surface area contributed by atoms with Gasteiger partial charge in [0.15, 0.2) is 0 Å². The zero-order valence-electron chi connectivity index (χ0n) is 19.0. The highest BCUT2D eigenvalue weighted by Crippen LogP contribution is 2.47. The van der Waals surface area contributed by atoms with Crippen molar-refractivity contribution in [2.75, 3.05) is 29.9 Å². The Morgan fingerprint density at radius 3 is 2.38 bits per heavy atom. The zero-order valence-corrected chi connectivity index (χ0v) is 19.0. The third kappa shape index (κ3) is 4.40. The number of benzene rings is 3. The van der Waals surface area contributed by atoms with Gasteiger partial charge in [0.05, 0.1) is 0 Å². The molecule has 1 spiro atoms. The van der Waals surface area contributed by atoms with Crippen molar-refractivity contribution in [2.45, 2.75) is 31.7 Å². The van der Waals surface area contributed by atoms with Crippen molar-refractivity contribution in [1.29, 1.82) is 0 Å². The Labute approximate surface area is 197 Å². The lowest BCUT2D eigenvalue weighted by Crippen LogP contribution is -2.46. The van der Waals surface area contributed by atoms with E-state index in [9.17, 15) is 18.0 Å². The molecule has 2 aliphatic rings. The summed E-state index contributed by atoms with van der Waals surface area (Å²) < 4.78 is 40.8. The highest BCUT2D eigenvalue weighted by Gasteiger charge is 2.46. The summed E-state index contributed by atoms with van der Waals surface area (Å²) in [6.07, 6.45) is 1.65. The van der Waals surface area contributed by atoms with Gasteiger partial charge < -0.3 is 5.32 Å². The fraction of sp³-hybridized carbons (Fsp3) is 0.296. The second-order valence-electron chi connectivity index (χ2n) is 9.38. The Kier molecular flexibility index (Phi) is 5.81. The Morgan fingerprint density at radius 2 is 1.68 bits per heavy atom. The first-order valence-electron chi connectivity index (χ1n) is 11.4. The second kappa shape index (κ2) is 8.80. The molecule has 0 atom stereocenters. The van der Waals surface area contributed by atoms with Gasteiger partial charge in [-0.1, -0.05) is 23.8 Å². The van der Waals surface area contributed by atoms with Crippen molar-refractivity contribution in [3.8, 4) is 0 Å². The van der Waals surface area contributed by atoms with E-state index >= 15 is 0 Å². The molecule has 0 aromatic heterocycles. The zero-order chi connectivity index (χ0) is 23.9. The number of hydrogen-bond donors (Lipinski definition) is 1. The predicted octanol–water partition coefficient (Wildman–Crippen LogP) is 6.00. The van der Waals surface area contributed by atoms with Gasteiger partial charge in [0.2, 0.25) is 0 Å². The number of nitrogens with one attached hydrogen (secondary N) is 1. The van der Waals surface area contributed by atoms with Gasteiger partial charge in [0.1, 0.15) is 17.5 Å². The van der Waals surface area contributed by atoms with Gasteiger partial charge in [-0.05, 0) is 80.4 Å². The van der Waals surface area contributed by atoms with Crippen LogP contribution in [0.5, 0.6) is 0 Å². The van der Waals surface area contributed by atoms with Gasteiger partial charge in [0.25, 0.3) is 0 Å². The fourth-order valence-corrected chi connectivity index (χ4v) is 5.25. The molecule has 5 rings (SSSR count). The molecule has 0 saturated carbocycles. The molecule has 1 N–H and O–H groups in total. The number of fused-ring (bicyclic) bond motifs is 2. The van der Waals surface area contributed by atoms with Gasteiger partial charge in [-0.25, -0.2) is 18.0 Å². The Morgan fingerprint density at radius 1 is 0.941 bits per heavy atom. The van der Waals surface area contributed by atoms with Crippen molar-refractivity contribution in [3.63, 3.8) is 0 Å². The van der Waals surface area contributed by atoms with E-state index in [1.807, 2.05) is 19.1 Å². The van der Waals surface area contributed by atoms with Crippen LogP contribution >= 0.6 is 0 Å². The molecule has 3 aromatic rings. The lowest BCUT2D eigenvalue weighted by atomic mass is 9.74. The molecule has 2 aliphatic heterocycles. The van der Waals surface area contributed by atoms with Crippen LogP contribution in [0.3, 0.4) is 0 Å². The molecule has 7 heteroatoms. The summed E-state index contributed by atoms with van der Waals surface area (Å²) in [7, 11) is 0. The molecule has 3 aromatic carbocycles. The second-order valence-corrected chi connectivity index (χ2v) is 9.38. The van der Waals surface area contributed by atoms with Crippen LogP contribution < -0.4 is 10.2 Å². The number of anilines is 2. The van der Waals surface area contributed by atoms with E-state index < -0.39 is 17.5 Å². The number of carbonyl (C=O) groups is 1. The average molecular weight is 466 g/mol. The van der Waals surface area contributed by atoms with E-state index in [-0.39, 0.29) is 11.4 Å². The first-order valence-corrected chi connectivity index (χ1v) is 11.4. The van der Waals surface area contributed by atoms with Crippen molar-refractivity contribution >= 4 is 17.4 Å². The summed E-state index contributed by atoms with van der Waals surface area (Å²) in [5.41, 5.74) is 4.00. The molecule has 0 radical (unpaired) electrons. The molecular weight excluding hydrogens is 439 g/mol. The maximum atomic E-state index is 13.6. The van der Waals surface area contributed by atoms with E-state index in [1.165, 1.54) is 24.3 Å². The molecule has 34 heavy (non-hydrogen) atoms. The van der Waals surface area contributed by atoms with Gasteiger partial charge in [-0.15, -0.1) is 0 Å². The minimum Gasteiger partial charge on any atom is -0.307 e. The molecule has 0 aliphatic carbocycles. The third-order valence-corrected chi connectivity index (χ3v) is 6.94. The molecule has 1 saturated heterocycles.